The van der Waals surface area contributed by atoms with Crippen molar-refractivity contribution >= 4 is 34.2 Å². The first kappa shape index (κ1) is 21.5. The quantitative estimate of drug-likeness (QED) is 0.466. The molecular weight excluding hydrogens is 478 g/mol. The average Bonchev–Trinajstić information content (AvgIpc) is 3.02. The van der Waals surface area contributed by atoms with Crippen LogP contribution in [0.4, 0.5) is 18.9 Å². The van der Waals surface area contributed by atoms with Crippen LogP contribution in [-0.2, 0) is 21.2 Å². The average molecular weight is 497 g/mol. The van der Waals surface area contributed by atoms with Crippen molar-refractivity contribution in [3.8, 4) is 5.75 Å². The van der Waals surface area contributed by atoms with Crippen LogP contribution in [0.1, 0.15) is 19.4 Å². The zero-order valence-electron chi connectivity index (χ0n) is 14.9. The van der Waals surface area contributed by atoms with Crippen LogP contribution in [-0.4, -0.2) is 36.0 Å². The summed E-state index contributed by atoms with van der Waals surface area (Å²) in [5.74, 6) is -0.528. The van der Waals surface area contributed by atoms with Gasteiger partial charge in [-0.2, -0.15) is 18.3 Å². The van der Waals surface area contributed by atoms with Crippen LogP contribution in [0.5, 0.6) is 5.75 Å². The number of rotatable bonds is 7. The fourth-order valence-corrected chi connectivity index (χ4v) is 2.53. The van der Waals surface area contributed by atoms with Crippen molar-refractivity contribution in [1.29, 1.82) is 0 Å². The van der Waals surface area contributed by atoms with Crippen LogP contribution in [0.2, 0.25) is 0 Å². The maximum absolute atomic E-state index is 13.0. The lowest BCUT2D eigenvalue weighted by atomic mass is 10.0. The lowest BCUT2D eigenvalue weighted by molar-refractivity contribution is -0.137. The number of anilines is 1. The molecule has 0 aliphatic rings. The van der Waals surface area contributed by atoms with Crippen LogP contribution in [0.15, 0.2) is 30.6 Å². The first-order valence-corrected chi connectivity index (χ1v) is 8.98. The molecule has 1 aromatic heterocycles. The van der Waals surface area contributed by atoms with Gasteiger partial charge in [0.05, 0.1) is 27.6 Å². The van der Waals surface area contributed by atoms with Gasteiger partial charge in [0.15, 0.2) is 0 Å². The molecule has 0 spiro atoms. The molecule has 0 fully saturated rings. The van der Waals surface area contributed by atoms with Crippen LogP contribution in [0.3, 0.4) is 0 Å². The molecule has 0 aliphatic heterocycles. The molecule has 1 heterocycles. The molecule has 0 bridgehead atoms. The van der Waals surface area contributed by atoms with Gasteiger partial charge in [-0.15, -0.1) is 0 Å². The van der Waals surface area contributed by atoms with Crippen molar-refractivity contribution in [2.24, 2.45) is 0 Å². The second kappa shape index (κ2) is 8.46. The highest BCUT2D eigenvalue weighted by Crippen LogP contribution is 2.35. The van der Waals surface area contributed by atoms with E-state index in [-0.39, 0.29) is 24.7 Å². The Morgan fingerprint density at radius 1 is 1.30 bits per heavy atom. The van der Waals surface area contributed by atoms with E-state index in [1.54, 1.807) is 26.2 Å². The van der Waals surface area contributed by atoms with Gasteiger partial charge in [-0.25, -0.2) is 0 Å². The molecule has 2 aromatic rings. The summed E-state index contributed by atoms with van der Waals surface area (Å²) >= 11 is 2.07. The van der Waals surface area contributed by atoms with Crippen LogP contribution < -0.4 is 10.1 Å². The van der Waals surface area contributed by atoms with Crippen LogP contribution >= 0.6 is 22.6 Å². The van der Waals surface area contributed by atoms with Gasteiger partial charge in [0.25, 0.3) is 5.91 Å². The molecular formula is C17H19F3IN3O3. The number of benzene rings is 1. The third-order valence-electron chi connectivity index (χ3n) is 3.78. The zero-order chi connectivity index (χ0) is 20.2. The van der Waals surface area contributed by atoms with Crippen molar-refractivity contribution in [2.45, 2.75) is 25.6 Å². The number of alkyl halides is 3. The lowest BCUT2D eigenvalue weighted by Gasteiger charge is -2.25. The third kappa shape index (κ3) is 5.34. The molecule has 10 heteroatoms. The maximum atomic E-state index is 13.0. The summed E-state index contributed by atoms with van der Waals surface area (Å²) in [5, 5.41) is 6.76. The van der Waals surface area contributed by atoms with E-state index < -0.39 is 23.2 Å². The number of halogens is 4. The molecule has 1 amide bonds. The normalized spacial score (nSPS) is 12.1. The number of nitrogens with zero attached hydrogens (tertiary/aromatic N) is 2. The van der Waals surface area contributed by atoms with Gasteiger partial charge < -0.3 is 14.8 Å². The molecule has 1 aromatic carbocycles. The van der Waals surface area contributed by atoms with Crippen molar-refractivity contribution in [1.82, 2.24) is 9.78 Å². The number of hydrogen-bond acceptors (Lipinski definition) is 4. The van der Waals surface area contributed by atoms with Crippen molar-refractivity contribution in [3.63, 3.8) is 0 Å². The maximum Gasteiger partial charge on any atom is 0.416 e. The highest BCUT2D eigenvalue weighted by Gasteiger charge is 2.33. The number of nitrogens with one attached hydrogen (secondary N) is 1. The van der Waals surface area contributed by atoms with E-state index in [0.717, 1.165) is 15.7 Å². The molecule has 6 nitrogen and oxygen atoms in total. The SMILES string of the molecule is COCCOc1cc(C(F)(F)F)ccc1NC(=O)C(C)(C)n1cc(I)cn1. The Kier molecular flexibility index (Phi) is 6.73. The van der Waals surface area contributed by atoms with Gasteiger partial charge >= 0.3 is 6.18 Å². The van der Waals surface area contributed by atoms with Gasteiger partial charge in [0, 0.05) is 13.3 Å². The minimum atomic E-state index is -4.52. The van der Waals surface area contributed by atoms with E-state index in [0.29, 0.717) is 0 Å². The Morgan fingerprint density at radius 2 is 2.00 bits per heavy atom. The third-order valence-corrected chi connectivity index (χ3v) is 4.34. The molecule has 0 saturated heterocycles. The minimum Gasteiger partial charge on any atom is -0.489 e. The largest absolute Gasteiger partial charge is 0.489 e. The number of carbonyl (C=O) groups excluding carboxylic acids is 1. The Morgan fingerprint density at radius 3 is 2.56 bits per heavy atom. The molecule has 148 valence electrons. The lowest BCUT2D eigenvalue weighted by Crippen LogP contribution is -2.40. The summed E-state index contributed by atoms with van der Waals surface area (Å²) in [4.78, 5) is 12.7. The first-order chi connectivity index (χ1) is 12.6. The number of carbonyl (C=O) groups is 1. The van der Waals surface area contributed by atoms with Gasteiger partial charge in [0.2, 0.25) is 0 Å². The monoisotopic (exact) mass is 497 g/mol. The molecule has 0 radical (unpaired) electrons. The van der Waals surface area contributed by atoms with E-state index in [1.165, 1.54) is 17.9 Å². The van der Waals surface area contributed by atoms with E-state index in [1.807, 2.05) is 0 Å². The zero-order valence-corrected chi connectivity index (χ0v) is 17.1. The summed E-state index contributed by atoms with van der Waals surface area (Å²) in [7, 11) is 1.45. The highest BCUT2D eigenvalue weighted by atomic mass is 127. The van der Waals surface area contributed by atoms with E-state index >= 15 is 0 Å². The van der Waals surface area contributed by atoms with Gasteiger partial charge in [-0.1, -0.05) is 0 Å². The number of methoxy groups -OCH3 is 1. The molecule has 0 unspecified atom stereocenters. The molecule has 0 aliphatic carbocycles. The van der Waals surface area contributed by atoms with Crippen molar-refractivity contribution < 1.29 is 27.4 Å². The molecule has 1 N–H and O–H groups in total. The number of hydrogen-bond donors (Lipinski definition) is 1. The number of ether oxygens (including phenoxy) is 2. The van der Waals surface area contributed by atoms with Crippen LogP contribution in [0.25, 0.3) is 0 Å². The van der Waals surface area contributed by atoms with Crippen molar-refractivity contribution in [2.75, 3.05) is 25.6 Å². The minimum absolute atomic E-state index is 0.0431. The second-order valence-corrected chi connectivity index (χ2v) is 7.41. The van der Waals surface area contributed by atoms with Crippen LogP contribution in [0, 0.1) is 3.57 Å². The topological polar surface area (TPSA) is 65.4 Å². The van der Waals surface area contributed by atoms with E-state index in [9.17, 15) is 18.0 Å². The molecule has 0 atom stereocenters. The summed E-state index contributed by atoms with van der Waals surface area (Å²) in [6.45, 7) is 3.55. The summed E-state index contributed by atoms with van der Waals surface area (Å²) < 4.78 is 51.5. The summed E-state index contributed by atoms with van der Waals surface area (Å²) in [6, 6.07) is 2.92. The standard InChI is InChI=1S/C17H19F3IN3O3/c1-16(2,24-10-12(21)9-22-24)15(25)23-13-5-4-11(17(18,19)20)8-14(13)27-7-6-26-3/h4-5,8-10H,6-7H2,1-3H3,(H,23,25). The Bertz CT molecular complexity index is 806. The number of aromatic nitrogens is 2. The first-order valence-electron chi connectivity index (χ1n) is 7.91. The molecule has 27 heavy (non-hydrogen) atoms. The predicted molar refractivity (Wildman–Crippen MR) is 102 cm³/mol. The fraction of sp³-hybridized carbons (Fsp3) is 0.412. The predicted octanol–water partition coefficient (Wildman–Crippen LogP) is 3.91. The van der Waals surface area contributed by atoms with Gasteiger partial charge in [-0.3, -0.25) is 9.48 Å². The second-order valence-electron chi connectivity index (χ2n) is 6.17. The molecule has 0 saturated carbocycles. The number of amides is 1. The van der Waals surface area contributed by atoms with Gasteiger partial charge in [0.1, 0.15) is 17.9 Å². The smallest absolute Gasteiger partial charge is 0.416 e. The Labute approximate surface area is 168 Å². The van der Waals surface area contributed by atoms with Crippen molar-refractivity contribution in [3.05, 3.63) is 39.7 Å². The Balaban J connectivity index is 2.28. The fourth-order valence-electron chi connectivity index (χ4n) is 2.14. The van der Waals surface area contributed by atoms with Gasteiger partial charge in [-0.05, 0) is 54.6 Å². The van der Waals surface area contributed by atoms with E-state index in [4.69, 9.17) is 9.47 Å². The summed E-state index contributed by atoms with van der Waals surface area (Å²) in [5.41, 5.74) is -1.79. The summed E-state index contributed by atoms with van der Waals surface area (Å²) in [6.07, 6.45) is -1.22. The highest BCUT2D eigenvalue weighted by molar-refractivity contribution is 14.1. The molecule has 2 rings (SSSR count). The van der Waals surface area contributed by atoms with E-state index in [2.05, 4.69) is 33.0 Å². The Hall–Kier alpha value is -1.82.